The molecular formula is C9H6BrF3N2. The van der Waals surface area contributed by atoms with Gasteiger partial charge in [-0.2, -0.15) is 13.2 Å². The monoisotopic (exact) mass is 278 g/mol. The molecule has 0 spiro atoms. The Morgan fingerprint density at radius 3 is 2.67 bits per heavy atom. The second kappa shape index (κ2) is 3.52. The van der Waals surface area contributed by atoms with Gasteiger partial charge < -0.3 is 4.98 Å². The van der Waals surface area contributed by atoms with Gasteiger partial charge in [0, 0.05) is 5.33 Å². The van der Waals surface area contributed by atoms with Crippen LogP contribution >= 0.6 is 15.9 Å². The Bertz CT molecular complexity index is 490. The largest absolute Gasteiger partial charge is 0.418 e. The third kappa shape index (κ3) is 1.73. The number of alkyl halides is 4. The van der Waals surface area contributed by atoms with Crippen molar-refractivity contribution in [3.8, 4) is 0 Å². The molecule has 0 radical (unpaired) electrons. The van der Waals surface area contributed by atoms with E-state index in [1.807, 2.05) is 0 Å². The van der Waals surface area contributed by atoms with E-state index >= 15 is 0 Å². The van der Waals surface area contributed by atoms with Crippen LogP contribution in [0.25, 0.3) is 11.0 Å². The zero-order valence-corrected chi connectivity index (χ0v) is 8.98. The summed E-state index contributed by atoms with van der Waals surface area (Å²) in [6.45, 7) is 0. The molecule has 6 heteroatoms. The first-order valence-corrected chi connectivity index (χ1v) is 5.24. The summed E-state index contributed by atoms with van der Waals surface area (Å²) in [7, 11) is 0. The summed E-state index contributed by atoms with van der Waals surface area (Å²) in [6, 6.07) is 3.03. The van der Waals surface area contributed by atoms with E-state index in [4.69, 9.17) is 0 Å². The minimum absolute atomic E-state index is 0.0283. The maximum absolute atomic E-state index is 12.8. The van der Waals surface area contributed by atoms with Crippen LogP contribution in [0.15, 0.2) is 18.5 Å². The smallest absolute Gasteiger partial charge is 0.345 e. The molecule has 1 heterocycles. The second-order valence-corrected chi connectivity index (χ2v) is 3.59. The van der Waals surface area contributed by atoms with E-state index < -0.39 is 11.7 Å². The molecule has 0 atom stereocenters. The number of hydrogen-bond donors (Lipinski definition) is 1. The molecule has 0 unspecified atom stereocenters. The molecule has 15 heavy (non-hydrogen) atoms. The standard InChI is InChI=1S/C9H6BrF3N2/c10-3-5-1-2-6-8(15-4-14-6)7(5)9(11,12)13/h1-2,4H,3H2,(H,14,15). The van der Waals surface area contributed by atoms with E-state index in [1.165, 1.54) is 12.4 Å². The fourth-order valence-corrected chi connectivity index (χ4v) is 1.94. The van der Waals surface area contributed by atoms with Crippen LogP contribution in [-0.2, 0) is 11.5 Å². The predicted octanol–water partition coefficient (Wildman–Crippen LogP) is 3.48. The van der Waals surface area contributed by atoms with Gasteiger partial charge in [0.05, 0.1) is 17.4 Å². The molecule has 0 aliphatic carbocycles. The molecule has 80 valence electrons. The average Bonchev–Trinajstić information content (AvgIpc) is 2.61. The third-order valence-corrected chi connectivity index (χ3v) is 2.71. The van der Waals surface area contributed by atoms with Crippen molar-refractivity contribution in [3.05, 3.63) is 29.6 Å². The molecule has 1 N–H and O–H groups in total. The van der Waals surface area contributed by atoms with Crippen molar-refractivity contribution in [3.63, 3.8) is 0 Å². The Kier molecular flexibility index (Phi) is 2.46. The molecular weight excluding hydrogens is 273 g/mol. The van der Waals surface area contributed by atoms with Gasteiger partial charge in [0.2, 0.25) is 0 Å². The molecule has 2 aromatic rings. The number of fused-ring (bicyclic) bond motifs is 1. The Morgan fingerprint density at radius 2 is 2.07 bits per heavy atom. The molecule has 2 rings (SSSR count). The van der Waals surface area contributed by atoms with E-state index in [1.54, 1.807) is 6.07 Å². The average molecular weight is 279 g/mol. The summed E-state index contributed by atoms with van der Waals surface area (Å²) >= 11 is 3.04. The van der Waals surface area contributed by atoms with Gasteiger partial charge in [-0.1, -0.05) is 22.0 Å². The van der Waals surface area contributed by atoms with Gasteiger partial charge >= 0.3 is 6.18 Å². The van der Waals surface area contributed by atoms with Crippen LogP contribution in [0.2, 0.25) is 0 Å². The Hall–Kier alpha value is -1.04. The van der Waals surface area contributed by atoms with Gasteiger partial charge in [0.1, 0.15) is 5.52 Å². The highest BCUT2D eigenvalue weighted by Crippen LogP contribution is 2.36. The molecule has 0 bridgehead atoms. The summed E-state index contributed by atoms with van der Waals surface area (Å²) in [4.78, 5) is 6.35. The van der Waals surface area contributed by atoms with Crippen LogP contribution in [0.1, 0.15) is 11.1 Å². The number of benzene rings is 1. The summed E-state index contributed by atoms with van der Waals surface area (Å²) in [5.41, 5.74) is -0.105. The summed E-state index contributed by atoms with van der Waals surface area (Å²) in [6.07, 6.45) is -3.12. The van der Waals surface area contributed by atoms with Gasteiger partial charge in [0.15, 0.2) is 0 Å². The number of rotatable bonds is 1. The topological polar surface area (TPSA) is 28.7 Å². The first kappa shape index (κ1) is 10.5. The Morgan fingerprint density at radius 1 is 1.33 bits per heavy atom. The van der Waals surface area contributed by atoms with E-state index in [9.17, 15) is 13.2 Å². The molecule has 0 fully saturated rings. The number of hydrogen-bond acceptors (Lipinski definition) is 1. The third-order valence-electron chi connectivity index (χ3n) is 2.11. The number of aromatic nitrogens is 2. The highest BCUT2D eigenvalue weighted by molar-refractivity contribution is 9.08. The first-order valence-electron chi connectivity index (χ1n) is 4.12. The number of halogens is 4. The summed E-state index contributed by atoms with van der Waals surface area (Å²) < 4.78 is 38.3. The zero-order valence-electron chi connectivity index (χ0n) is 7.40. The highest BCUT2D eigenvalue weighted by atomic mass is 79.9. The van der Waals surface area contributed by atoms with Crippen molar-refractivity contribution in [2.45, 2.75) is 11.5 Å². The maximum atomic E-state index is 12.8. The van der Waals surface area contributed by atoms with Crippen molar-refractivity contribution in [1.29, 1.82) is 0 Å². The SMILES string of the molecule is FC(F)(F)c1c(CBr)ccc2[nH]cnc12. The fraction of sp³-hybridized carbons (Fsp3) is 0.222. The van der Waals surface area contributed by atoms with Crippen molar-refractivity contribution in [1.82, 2.24) is 9.97 Å². The van der Waals surface area contributed by atoms with Crippen LogP contribution in [-0.4, -0.2) is 9.97 Å². The normalized spacial score (nSPS) is 12.3. The Balaban J connectivity index is 2.80. The van der Waals surface area contributed by atoms with Gasteiger partial charge in [0.25, 0.3) is 0 Å². The van der Waals surface area contributed by atoms with E-state index in [0.29, 0.717) is 5.52 Å². The molecule has 1 aromatic carbocycles. The first-order chi connectivity index (χ1) is 7.04. The van der Waals surface area contributed by atoms with Crippen molar-refractivity contribution in [2.24, 2.45) is 0 Å². The van der Waals surface area contributed by atoms with Crippen LogP contribution in [0.5, 0.6) is 0 Å². The highest BCUT2D eigenvalue weighted by Gasteiger charge is 2.36. The molecule has 0 amide bonds. The van der Waals surface area contributed by atoms with Gasteiger partial charge in [-0.15, -0.1) is 0 Å². The number of imidazole rings is 1. The number of nitrogens with zero attached hydrogens (tertiary/aromatic N) is 1. The molecule has 0 aliphatic rings. The summed E-state index contributed by atoms with van der Waals surface area (Å²) in [5.74, 6) is 0. The quantitative estimate of drug-likeness (QED) is 0.795. The molecule has 0 saturated heterocycles. The van der Waals surface area contributed by atoms with E-state index in [0.717, 1.165) is 0 Å². The van der Waals surface area contributed by atoms with Crippen molar-refractivity contribution < 1.29 is 13.2 Å². The van der Waals surface area contributed by atoms with E-state index in [2.05, 4.69) is 25.9 Å². The lowest BCUT2D eigenvalue weighted by Crippen LogP contribution is -2.09. The lowest BCUT2D eigenvalue weighted by atomic mass is 10.1. The molecule has 0 saturated carbocycles. The number of nitrogens with one attached hydrogen (secondary N) is 1. The lowest BCUT2D eigenvalue weighted by molar-refractivity contribution is -0.136. The van der Waals surface area contributed by atoms with Crippen molar-refractivity contribution in [2.75, 3.05) is 0 Å². The van der Waals surface area contributed by atoms with Crippen LogP contribution < -0.4 is 0 Å². The molecule has 2 nitrogen and oxygen atoms in total. The van der Waals surface area contributed by atoms with Gasteiger partial charge in [-0.3, -0.25) is 0 Å². The maximum Gasteiger partial charge on any atom is 0.418 e. The summed E-state index contributed by atoms with van der Waals surface area (Å²) in [5, 5.41) is 0.157. The molecule has 0 aliphatic heterocycles. The van der Waals surface area contributed by atoms with Crippen LogP contribution in [0.4, 0.5) is 13.2 Å². The lowest BCUT2D eigenvalue weighted by Gasteiger charge is -2.11. The fourth-order valence-electron chi connectivity index (χ4n) is 1.48. The molecule has 1 aromatic heterocycles. The number of H-pyrrole nitrogens is 1. The number of aromatic amines is 1. The minimum Gasteiger partial charge on any atom is -0.345 e. The van der Waals surface area contributed by atoms with Crippen LogP contribution in [0, 0.1) is 0 Å². The second-order valence-electron chi connectivity index (χ2n) is 3.03. The van der Waals surface area contributed by atoms with Crippen LogP contribution in [0.3, 0.4) is 0 Å². The van der Waals surface area contributed by atoms with E-state index in [-0.39, 0.29) is 16.4 Å². The van der Waals surface area contributed by atoms with Gasteiger partial charge in [-0.05, 0) is 11.6 Å². The predicted molar refractivity (Wildman–Crippen MR) is 53.7 cm³/mol. The Labute approximate surface area is 91.6 Å². The minimum atomic E-state index is -4.38. The van der Waals surface area contributed by atoms with Gasteiger partial charge in [-0.25, -0.2) is 4.98 Å². The zero-order chi connectivity index (χ0) is 11.1. The van der Waals surface area contributed by atoms with Crippen molar-refractivity contribution >= 4 is 27.0 Å².